The molecular formula is C26H26Cl2N2O2S. The van der Waals surface area contributed by atoms with Gasteiger partial charge in [-0.05, 0) is 74.4 Å². The van der Waals surface area contributed by atoms with Gasteiger partial charge in [0.2, 0.25) is 0 Å². The van der Waals surface area contributed by atoms with E-state index in [0.717, 1.165) is 48.2 Å². The first-order valence-electron chi connectivity index (χ1n) is 11.6. The molecule has 5 rings (SSSR count). The lowest BCUT2D eigenvalue weighted by atomic mass is 9.93. The largest absolute Gasteiger partial charge is 0.455 e. The van der Waals surface area contributed by atoms with Crippen molar-refractivity contribution in [3.05, 3.63) is 62.1 Å². The van der Waals surface area contributed by atoms with E-state index in [0.29, 0.717) is 21.6 Å². The lowest BCUT2D eigenvalue weighted by Gasteiger charge is -2.23. The Hall–Kier alpha value is -2.08. The predicted octanol–water partition coefficient (Wildman–Crippen LogP) is 8.01. The lowest BCUT2D eigenvalue weighted by Crippen LogP contribution is -2.36. The Morgan fingerprint density at radius 2 is 1.88 bits per heavy atom. The number of furan rings is 1. The van der Waals surface area contributed by atoms with E-state index >= 15 is 0 Å². The molecule has 1 saturated carbocycles. The van der Waals surface area contributed by atoms with Gasteiger partial charge in [-0.3, -0.25) is 4.79 Å². The number of carbonyl (C=O) groups is 1. The summed E-state index contributed by atoms with van der Waals surface area (Å²) in [6, 6.07) is 9.27. The zero-order chi connectivity index (χ0) is 22.8. The second kappa shape index (κ2) is 10.0. The van der Waals surface area contributed by atoms with Gasteiger partial charge in [-0.25, -0.2) is 4.99 Å². The number of aryl methyl sites for hydroxylation is 1. The molecule has 1 fully saturated rings. The Balaban J connectivity index is 1.41. The van der Waals surface area contributed by atoms with Gasteiger partial charge < -0.3 is 9.73 Å². The van der Waals surface area contributed by atoms with Gasteiger partial charge in [0.25, 0.3) is 5.91 Å². The Bertz CT molecular complexity index is 1190. The Morgan fingerprint density at radius 1 is 1.06 bits per heavy atom. The summed E-state index contributed by atoms with van der Waals surface area (Å²) in [6.45, 7) is 0. The third-order valence-electron chi connectivity index (χ3n) is 6.45. The summed E-state index contributed by atoms with van der Waals surface area (Å²) in [5, 5.41) is 5.23. The molecule has 1 N–H and O–H groups in total. The molecule has 0 saturated heterocycles. The summed E-state index contributed by atoms with van der Waals surface area (Å²) >= 11 is 14.1. The molecule has 2 aliphatic rings. The summed E-state index contributed by atoms with van der Waals surface area (Å²) < 4.78 is 5.96. The summed E-state index contributed by atoms with van der Waals surface area (Å²) in [5.74, 6) is 1.26. The highest BCUT2D eigenvalue weighted by molar-refractivity contribution is 7.16. The maximum atomic E-state index is 13.3. The number of thiophene rings is 1. The van der Waals surface area contributed by atoms with Crippen LogP contribution in [0, 0.1) is 0 Å². The molecular weight excluding hydrogens is 475 g/mol. The summed E-state index contributed by atoms with van der Waals surface area (Å²) in [7, 11) is 0. The molecule has 0 spiro atoms. The first-order chi connectivity index (χ1) is 16.1. The topological polar surface area (TPSA) is 54.6 Å². The van der Waals surface area contributed by atoms with Crippen molar-refractivity contribution in [1.82, 2.24) is 5.32 Å². The zero-order valence-corrected chi connectivity index (χ0v) is 20.7. The number of carbonyl (C=O) groups excluding carboxylic acids is 1. The lowest BCUT2D eigenvalue weighted by molar-refractivity contribution is 0.0927. The number of nitrogens with one attached hydrogen (secondary N) is 1. The van der Waals surface area contributed by atoms with Crippen LogP contribution in [-0.2, 0) is 12.8 Å². The van der Waals surface area contributed by atoms with E-state index in [9.17, 15) is 4.79 Å². The molecule has 2 heterocycles. The van der Waals surface area contributed by atoms with E-state index in [1.807, 2.05) is 12.1 Å². The van der Waals surface area contributed by atoms with E-state index in [1.54, 1.807) is 35.8 Å². The molecule has 3 aromatic rings. The van der Waals surface area contributed by atoms with Gasteiger partial charge in [0, 0.05) is 21.5 Å². The van der Waals surface area contributed by atoms with Crippen molar-refractivity contribution in [2.24, 2.45) is 4.99 Å². The smallest absolute Gasteiger partial charge is 0.254 e. The number of hydrogen-bond acceptors (Lipinski definition) is 4. The first-order valence-corrected chi connectivity index (χ1v) is 13.2. The molecule has 0 bridgehead atoms. The van der Waals surface area contributed by atoms with Crippen LogP contribution in [0.25, 0.3) is 11.3 Å². The molecule has 2 aliphatic carbocycles. The predicted molar refractivity (Wildman–Crippen MR) is 137 cm³/mol. The van der Waals surface area contributed by atoms with E-state index in [-0.39, 0.29) is 11.9 Å². The fraction of sp³-hybridized carbons (Fsp3) is 0.385. The highest BCUT2D eigenvalue weighted by Crippen LogP contribution is 2.40. The van der Waals surface area contributed by atoms with Crippen molar-refractivity contribution in [1.29, 1.82) is 0 Å². The van der Waals surface area contributed by atoms with Crippen LogP contribution in [0.4, 0.5) is 5.00 Å². The fourth-order valence-corrected chi connectivity index (χ4v) is 6.37. The number of aliphatic imine (C=N–C) groups is 1. The average Bonchev–Trinajstić information content (AvgIpc) is 3.44. The molecule has 0 radical (unpaired) electrons. The monoisotopic (exact) mass is 500 g/mol. The van der Waals surface area contributed by atoms with Gasteiger partial charge in [-0.2, -0.15) is 0 Å². The Labute approximate surface area is 208 Å². The standard InChI is InChI=1S/C26H26Cl2N2O2S/c27-16-10-12-21(28)20(14-16)22-13-11-18(32-22)15-29-26-24(19-8-4-5-9-23(19)33-26)25(31)30-17-6-2-1-3-7-17/h10-15,17H,1-9H2,(H,30,31)/b29-15-. The molecule has 2 aromatic heterocycles. The highest BCUT2D eigenvalue weighted by Gasteiger charge is 2.27. The van der Waals surface area contributed by atoms with Gasteiger partial charge >= 0.3 is 0 Å². The number of rotatable bonds is 5. The normalized spacial score (nSPS) is 16.8. The number of benzene rings is 1. The van der Waals surface area contributed by atoms with Crippen molar-refractivity contribution >= 4 is 51.7 Å². The van der Waals surface area contributed by atoms with E-state index < -0.39 is 0 Å². The SMILES string of the molecule is O=C(NC1CCCCC1)c1c(/N=C\c2ccc(-c3cc(Cl)ccc3Cl)o2)sc2c1CCCC2. The summed E-state index contributed by atoms with van der Waals surface area (Å²) in [6.07, 6.45) is 11.7. The first kappa shape index (κ1) is 22.7. The van der Waals surface area contributed by atoms with Gasteiger partial charge in [0.15, 0.2) is 0 Å². The molecule has 0 aliphatic heterocycles. The summed E-state index contributed by atoms with van der Waals surface area (Å²) in [4.78, 5) is 19.3. The van der Waals surface area contributed by atoms with Gasteiger partial charge in [-0.1, -0.05) is 42.5 Å². The number of amides is 1. The number of fused-ring (bicyclic) bond motifs is 1. The second-order valence-electron chi connectivity index (χ2n) is 8.78. The minimum absolute atomic E-state index is 0.0271. The van der Waals surface area contributed by atoms with E-state index in [2.05, 4.69) is 5.32 Å². The number of nitrogens with zero attached hydrogens (tertiary/aromatic N) is 1. The Kier molecular flexibility index (Phi) is 6.91. The number of halogens is 2. The van der Waals surface area contributed by atoms with Gasteiger partial charge in [0.1, 0.15) is 16.5 Å². The number of hydrogen-bond donors (Lipinski definition) is 1. The molecule has 4 nitrogen and oxygen atoms in total. The van der Waals surface area contributed by atoms with Crippen LogP contribution in [0.3, 0.4) is 0 Å². The summed E-state index contributed by atoms with van der Waals surface area (Å²) in [5.41, 5.74) is 2.70. The fourth-order valence-electron chi connectivity index (χ4n) is 4.76. The van der Waals surface area contributed by atoms with Crippen LogP contribution >= 0.6 is 34.5 Å². The second-order valence-corrected chi connectivity index (χ2v) is 10.7. The van der Waals surface area contributed by atoms with Crippen LogP contribution in [0.1, 0.15) is 71.5 Å². The third kappa shape index (κ3) is 5.06. The highest BCUT2D eigenvalue weighted by atomic mass is 35.5. The Morgan fingerprint density at radius 3 is 2.73 bits per heavy atom. The molecule has 33 heavy (non-hydrogen) atoms. The minimum atomic E-state index is 0.0271. The van der Waals surface area contributed by atoms with E-state index in [1.165, 1.54) is 36.1 Å². The van der Waals surface area contributed by atoms with Crippen molar-refractivity contribution < 1.29 is 9.21 Å². The molecule has 1 aromatic carbocycles. The maximum Gasteiger partial charge on any atom is 0.254 e. The quantitative estimate of drug-likeness (QED) is 0.360. The van der Waals surface area contributed by atoms with Crippen LogP contribution < -0.4 is 5.32 Å². The van der Waals surface area contributed by atoms with Crippen LogP contribution in [0.15, 0.2) is 39.7 Å². The third-order valence-corrected chi connectivity index (χ3v) is 8.21. The van der Waals surface area contributed by atoms with Crippen LogP contribution in [-0.4, -0.2) is 18.2 Å². The zero-order valence-electron chi connectivity index (χ0n) is 18.3. The van der Waals surface area contributed by atoms with Gasteiger partial charge in [-0.15, -0.1) is 11.3 Å². The minimum Gasteiger partial charge on any atom is -0.455 e. The molecule has 172 valence electrons. The molecule has 7 heteroatoms. The maximum absolute atomic E-state index is 13.3. The van der Waals surface area contributed by atoms with Crippen LogP contribution in [0.2, 0.25) is 10.0 Å². The average molecular weight is 501 g/mol. The van der Waals surface area contributed by atoms with Crippen molar-refractivity contribution in [3.8, 4) is 11.3 Å². The van der Waals surface area contributed by atoms with Crippen LogP contribution in [0.5, 0.6) is 0 Å². The van der Waals surface area contributed by atoms with Crippen molar-refractivity contribution in [2.45, 2.75) is 63.8 Å². The van der Waals surface area contributed by atoms with E-state index in [4.69, 9.17) is 32.6 Å². The van der Waals surface area contributed by atoms with Crippen molar-refractivity contribution in [3.63, 3.8) is 0 Å². The molecule has 0 atom stereocenters. The molecule has 1 amide bonds. The molecule has 0 unspecified atom stereocenters. The van der Waals surface area contributed by atoms with Gasteiger partial charge in [0.05, 0.1) is 16.8 Å². The van der Waals surface area contributed by atoms with Crippen molar-refractivity contribution in [2.75, 3.05) is 0 Å².